The van der Waals surface area contributed by atoms with E-state index in [1.807, 2.05) is 58.9 Å². The Morgan fingerprint density at radius 1 is 1.06 bits per heavy atom. The summed E-state index contributed by atoms with van der Waals surface area (Å²) in [6.45, 7) is 14.9. The van der Waals surface area contributed by atoms with Gasteiger partial charge in [-0.1, -0.05) is 53.7 Å². The van der Waals surface area contributed by atoms with Gasteiger partial charge in [-0.05, 0) is 30.5 Å². The molecule has 2 heteroatoms. The number of rotatable bonds is 3. The predicted octanol–water partition coefficient (Wildman–Crippen LogP) is 4.61. The van der Waals surface area contributed by atoms with Crippen LogP contribution in [-0.4, -0.2) is 12.5 Å². The summed E-state index contributed by atoms with van der Waals surface area (Å²) < 4.78 is 0. The molecule has 0 bridgehead atoms. The predicted molar refractivity (Wildman–Crippen MR) is 81.2 cm³/mol. The van der Waals surface area contributed by atoms with Gasteiger partial charge < -0.3 is 5.32 Å². The van der Waals surface area contributed by atoms with Crippen LogP contribution in [0.3, 0.4) is 0 Å². The molecule has 1 amide bonds. The van der Waals surface area contributed by atoms with E-state index in [2.05, 4.69) is 19.2 Å². The van der Waals surface area contributed by atoms with Crippen LogP contribution in [0.25, 0.3) is 0 Å². The zero-order valence-corrected chi connectivity index (χ0v) is 13.0. The topological polar surface area (TPSA) is 29.1 Å². The van der Waals surface area contributed by atoms with Gasteiger partial charge in [-0.2, -0.15) is 0 Å². The third-order valence-electron chi connectivity index (χ3n) is 2.18. The molecule has 0 aliphatic rings. The number of nitrogens with one attached hydrogen (secondary N) is 1. The molecule has 0 saturated carbocycles. The van der Waals surface area contributed by atoms with Crippen molar-refractivity contribution in [1.29, 1.82) is 0 Å². The first kappa shape index (κ1) is 19.0. The fourth-order valence-electron chi connectivity index (χ4n) is 1.28. The van der Waals surface area contributed by atoms with E-state index >= 15 is 0 Å². The van der Waals surface area contributed by atoms with Crippen LogP contribution in [0.5, 0.6) is 0 Å². The highest BCUT2D eigenvalue weighted by atomic mass is 16.1. The van der Waals surface area contributed by atoms with Crippen molar-refractivity contribution in [2.75, 3.05) is 6.54 Å². The Morgan fingerprint density at radius 3 is 1.83 bits per heavy atom. The Labute approximate surface area is 113 Å². The smallest absolute Gasteiger partial charge is 0.251 e. The van der Waals surface area contributed by atoms with Gasteiger partial charge in [0, 0.05) is 12.1 Å². The first-order valence-electron chi connectivity index (χ1n) is 7.03. The zero-order chi connectivity index (χ0) is 14.6. The normalized spacial score (nSPS) is 8.67. The van der Waals surface area contributed by atoms with Gasteiger partial charge in [0.25, 0.3) is 5.91 Å². The molecule has 0 aliphatic carbocycles. The Kier molecular flexibility index (Phi) is 12.9. The van der Waals surface area contributed by atoms with Crippen LogP contribution in [0.15, 0.2) is 24.3 Å². The quantitative estimate of drug-likeness (QED) is 0.835. The first-order valence-corrected chi connectivity index (χ1v) is 7.03. The molecule has 1 rings (SSSR count). The zero-order valence-electron chi connectivity index (χ0n) is 13.0. The third kappa shape index (κ3) is 7.10. The molecule has 2 nitrogen and oxygen atoms in total. The second kappa shape index (κ2) is 12.2. The molecular weight excluding hydrogens is 222 g/mol. The number of amides is 1. The van der Waals surface area contributed by atoms with Gasteiger partial charge in [0.05, 0.1) is 0 Å². The highest BCUT2D eigenvalue weighted by molar-refractivity contribution is 5.94. The lowest BCUT2D eigenvalue weighted by Crippen LogP contribution is -2.22. The molecule has 1 aromatic rings. The van der Waals surface area contributed by atoms with Crippen LogP contribution >= 0.6 is 0 Å². The lowest BCUT2D eigenvalue weighted by atomic mass is 10.0. The van der Waals surface area contributed by atoms with Crippen LogP contribution in [-0.2, 0) is 0 Å². The van der Waals surface area contributed by atoms with Crippen LogP contribution in [0.4, 0.5) is 0 Å². The summed E-state index contributed by atoms with van der Waals surface area (Å²) in [5, 5.41) is 2.77. The van der Waals surface area contributed by atoms with E-state index in [4.69, 9.17) is 0 Å². The number of carbonyl (C=O) groups excluding carboxylic acids is 1. The summed E-state index contributed by atoms with van der Waals surface area (Å²) in [6, 6.07) is 7.77. The monoisotopic (exact) mass is 251 g/mol. The lowest BCUT2D eigenvalue weighted by Gasteiger charge is -2.06. The van der Waals surface area contributed by atoms with Crippen molar-refractivity contribution in [2.24, 2.45) is 0 Å². The second-order valence-electron chi connectivity index (χ2n) is 3.64. The maximum atomic E-state index is 11.4. The molecule has 0 radical (unpaired) electrons. The van der Waals surface area contributed by atoms with Crippen LogP contribution in [0.1, 0.15) is 70.3 Å². The van der Waals surface area contributed by atoms with Gasteiger partial charge in [-0.15, -0.1) is 0 Å². The van der Waals surface area contributed by atoms with Gasteiger partial charge in [0.1, 0.15) is 0 Å². The third-order valence-corrected chi connectivity index (χ3v) is 2.18. The van der Waals surface area contributed by atoms with E-state index in [1.165, 1.54) is 5.56 Å². The number of benzene rings is 1. The molecule has 0 fully saturated rings. The van der Waals surface area contributed by atoms with E-state index in [-0.39, 0.29) is 5.91 Å². The Morgan fingerprint density at radius 2 is 1.50 bits per heavy atom. The van der Waals surface area contributed by atoms with Crippen molar-refractivity contribution in [1.82, 2.24) is 5.32 Å². The summed E-state index contributed by atoms with van der Waals surface area (Å²) in [4.78, 5) is 11.4. The van der Waals surface area contributed by atoms with E-state index in [1.54, 1.807) is 0 Å². The Bertz CT molecular complexity index is 301. The SMILES string of the molecule is CC.CC.CCNC(=O)c1ccc(C(C)C)cc1. The first-order chi connectivity index (χ1) is 8.65. The van der Waals surface area contributed by atoms with Crippen molar-refractivity contribution in [3.8, 4) is 0 Å². The maximum absolute atomic E-state index is 11.4. The van der Waals surface area contributed by atoms with E-state index in [9.17, 15) is 4.79 Å². The van der Waals surface area contributed by atoms with Crippen molar-refractivity contribution >= 4 is 5.91 Å². The molecule has 1 aromatic carbocycles. The van der Waals surface area contributed by atoms with Gasteiger partial charge >= 0.3 is 0 Å². The second-order valence-corrected chi connectivity index (χ2v) is 3.64. The summed E-state index contributed by atoms with van der Waals surface area (Å²) in [5.41, 5.74) is 1.99. The molecule has 18 heavy (non-hydrogen) atoms. The summed E-state index contributed by atoms with van der Waals surface area (Å²) in [6.07, 6.45) is 0. The molecule has 104 valence electrons. The number of hydrogen-bond donors (Lipinski definition) is 1. The molecule has 0 atom stereocenters. The van der Waals surface area contributed by atoms with Gasteiger partial charge in [-0.25, -0.2) is 0 Å². The average molecular weight is 251 g/mol. The molecule has 1 N–H and O–H groups in total. The highest BCUT2D eigenvalue weighted by Gasteiger charge is 2.04. The van der Waals surface area contributed by atoms with Crippen molar-refractivity contribution in [3.05, 3.63) is 35.4 Å². The Balaban J connectivity index is 0. The fourth-order valence-corrected chi connectivity index (χ4v) is 1.28. The molecule has 0 unspecified atom stereocenters. The van der Waals surface area contributed by atoms with Gasteiger partial charge in [0.2, 0.25) is 0 Å². The van der Waals surface area contributed by atoms with Crippen LogP contribution < -0.4 is 5.32 Å². The van der Waals surface area contributed by atoms with E-state index < -0.39 is 0 Å². The van der Waals surface area contributed by atoms with Crippen LogP contribution in [0, 0.1) is 0 Å². The molecule has 0 aliphatic heterocycles. The fraction of sp³-hybridized carbons (Fsp3) is 0.562. The molecule has 0 heterocycles. The van der Waals surface area contributed by atoms with Crippen molar-refractivity contribution in [3.63, 3.8) is 0 Å². The molecular formula is C16H29NO. The van der Waals surface area contributed by atoms with Gasteiger partial charge in [0.15, 0.2) is 0 Å². The minimum atomic E-state index is 0.00260. The summed E-state index contributed by atoms with van der Waals surface area (Å²) in [5.74, 6) is 0.515. The van der Waals surface area contributed by atoms with Crippen molar-refractivity contribution < 1.29 is 4.79 Å². The van der Waals surface area contributed by atoms with Crippen molar-refractivity contribution in [2.45, 2.75) is 54.4 Å². The average Bonchev–Trinajstić information content (AvgIpc) is 2.43. The van der Waals surface area contributed by atoms with Crippen LogP contribution in [0.2, 0.25) is 0 Å². The molecule has 0 saturated heterocycles. The van der Waals surface area contributed by atoms with Gasteiger partial charge in [-0.3, -0.25) is 4.79 Å². The lowest BCUT2D eigenvalue weighted by molar-refractivity contribution is 0.0956. The maximum Gasteiger partial charge on any atom is 0.251 e. The number of hydrogen-bond acceptors (Lipinski definition) is 1. The Hall–Kier alpha value is -1.31. The van der Waals surface area contributed by atoms with E-state index in [0.29, 0.717) is 12.5 Å². The highest BCUT2D eigenvalue weighted by Crippen LogP contribution is 2.14. The molecule has 0 aromatic heterocycles. The largest absolute Gasteiger partial charge is 0.352 e. The minimum Gasteiger partial charge on any atom is -0.352 e. The summed E-state index contributed by atoms with van der Waals surface area (Å²) in [7, 11) is 0. The standard InChI is InChI=1S/C12H17NO.2C2H6/c1-4-13-12(14)11-7-5-10(6-8-11)9(2)3;2*1-2/h5-9H,4H2,1-3H3,(H,13,14);2*1-2H3. The minimum absolute atomic E-state index is 0.00260. The van der Waals surface area contributed by atoms with E-state index in [0.717, 1.165) is 5.56 Å². The number of carbonyl (C=O) groups is 1. The molecule has 0 spiro atoms. The summed E-state index contributed by atoms with van der Waals surface area (Å²) >= 11 is 0.